The number of halogens is 1. The SMILES string of the molecule is CC(=O)NC(CNC(=O)OCc1ccccc1)C(=O)NCCOCCNC(=O)OC(C)(C)C.CC(=O)NC(CNC(=O)OCc1ccccc1)C(=O)O.CC(C)(C)OC(=O)NCCOCCN.CC(C)(C)OC(=O)NCCOCCNC(=O)C(N)CNC(N)=O.NCC(N)C(=O)O.O=C(Cl)OCc1ccccc1. The molecule has 0 aliphatic carbocycles. The number of hydrogen-bond donors (Lipinski definition) is 17. The lowest BCUT2D eigenvalue weighted by Gasteiger charge is -2.19. The van der Waals surface area contributed by atoms with E-state index in [1.54, 1.807) is 53.7 Å². The summed E-state index contributed by atoms with van der Waals surface area (Å²) in [6, 6.07) is 22.9. The lowest BCUT2D eigenvalue weighted by atomic mass is 10.2. The zero-order valence-electron chi connectivity index (χ0n) is 63.0. The molecule has 0 saturated heterocycles. The molecule has 108 heavy (non-hydrogen) atoms. The van der Waals surface area contributed by atoms with E-state index in [0.29, 0.717) is 32.8 Å². The maximum absolute atomic E-state index is 12.3. The number of carboxylic acids is 2. The van der Waals surface area contributed by atoms with Crippen molar-refractivity contribution in [2.45, 2.75) is 137 Å². The summed E-state index contributed by atoms with van der Waals surface area (Å²) in [7, 11) is 0. The van der Waals surface area contributed by atoms with Crippen LogP contribution in [-0.2, 0) is 91.2 Å². The average molecular weight is 1560 g/mol. The molecule has 0 spiro atoms. The normalized spacial score (nSPS) is 11.5. The number of ether oxygens (including phenoxy) is 9. The van der Waals surface area contributed by atoms with E-state index in [1.807, 2.05) is 99.6 Å². The molecule has 4 unspecified atom stereocenters. The van der Waals surface area contributed by atoms with Gasteiger partial charge in [-0.25, -0.2) is 38.4 Å². The lowest BCUT2D eigenvalue weighted by molar-refractivity contribution is -0.141. The van der Waals surface area contributed by atoms with Crippen molar-refractivity contribution in [1.29, 1.82) is 0 Å². The molecule has 4 atom stereocenters. The fraction of sp³-hybridized carbons (Fsp3) is 0.544. The zero-order chi connectivity index (χ0) is 82.5. The number of carbonyl (C=O) groups excluding carboxylic acids is 11. The number of carbonyl (C=O) groups is 13. The number of carboxylic acid groups (broad SMARTS) is 2. The number of rotatable bonds is 36. The molecule has 0 aliphatic rings. The van der Waals surface area contributed by atoms with Crippen molar-refractivity contribution in [3.8, 4) is 0 Å². The van der Waals surface area contributed by atoms with Gasteiger partial charge in [-0.05, 0) is 79.0 Å². The predicted molar refractivity (Wildman–Crippen MR) is 395 cm³/mol. The third-order valence-electron chi connectivity index (χ3n) is 11.4. The first-order valence-corrected chi connectivity index (χ1v) is 33.9. The van der Waals surface area contributed by atoms with Gasteiger partial charge < -0.3 is 135 Å². The number of nitrogens with two attached hydrogens (primary N) is 5. The quantitative estimate of drug-likeness (QED) is 0.0223. The maximum Gasteiger partial charge on any atom is 0.407 e. The average Bonchev–Trinajstić information content (AvgIpc) is 0.703. The molecule has 22 N–H and O–H groups in total. The predicted octanol–water partition coefficient (Wildman–Crippen LogP) is 1.62. The minimum atomic E-state index is -1.23. The second kappa shape index (κ2) is 60.7. The Morgan fingerprint density at radius 2 is 0.731 bits per heavy atom. The molecular formula is C68H112ClN15O24. The summed E-state index contributed by atoms with van der Waals surface area (Å²) in [5.41, 5.74) is 25.6. The first-order chi connectivity index (χ1) is 50.6. The second-order valence-electron chi connectivity index (χ2n) is 24.8. The molecule has 0 aromatic heterocycles. The molecule has 0 saturated carbocycles. The highest BCUT2D eigenvalue weighted by atomic mass is 35.5. The Hall–Kier alpha value is -10.4. The van der Waals surface area contributed by atoms with Crippen molar-refractivity contribution in [3.63, 3.8) is 0 Å². The van der Waals surface area contributed by atoms with Crippen molar-refractivity contribution in [3.05, 3.63) is 108 Å². The van der Waals surface area contributed by atoms with Gasteiger partial charge in [0.1, 0.15) is 60.8 Å². The molecule has 11 amide bonds. The molecule has 3 aromatic carbocycles. The topological polar surface area (TPSA) is 596 Å². The molecule has 0 bridgehead atoms. The van der Waals surface area contributed by atoms with Gasteiger partial charge in [-0.15, -0.1) is 0 Å². The number of benzene rings is 3. The van der Waals surface area contributed by atoms with E-state index in [1.165, 1.54) is 13.8 Å². The van der Waals surface area contributed by atoms with Crippen molar-refractivity contribution in [2.75, 3.05) is 105 Å². The largest absolute Gasteiger partial charge is 0.480 e. The fourth-order valence-electron chi connectivity index (χ4n) is 6.69. The van der Waals surface area contributed by atoms with Crippen LogP contribution >= 0.6 is 11.6 Å². The van der Waals surface area contributed by atoms with Crippen molar-refractivity contribution < 1.29 is 115 Å². The Bertz CT molecular complexity index is 3080. The Morgan fingerprint density at radius 3 is 1.03 bits per heavy atom. The van der Waals surface area contributed by atoms with Crippen LogP contribution < -0.4 is 81.8 Å². The van der Waals surface area contributed by atoms with Gasteiger partial charge in [0.2, 0.25) is 23.6 Å². The van der Waals surface area contributed by atoms with Crippen molar-refractivity contribution in [1.82, 2.24) is 53.2 Å². The Morgan fingerprint density at radius 1 is 0.407 bits per heavy atom. The van der Waals surface area contributed by atoms with E-state index in [4.69, 9.17) is 88.4 Å². The highest BCUT2D eigenvalue weighted by molar-refractivity contribution is 6.61. The molecule has 0 fully saturated rings. The molecule has 0 aliphatic heterocycles. The third-order valence-corrected chi connectivity index (χ3v) is 11.5. The summed E-state index contributed by atoms with van der Waals surface area (Å²) >= 11 is 4.97. The summed E-state index contributed by atoms with van der Waals surface area (Å²) in [6.07, 6.45) is -2.92. The standard InChI is InChI=1S/C22H34N4O7.C13H27N5O5.C13H16N2O5.C9H20N2O3.C8H7ClO2.C3H8N2O2/c1-16(27)26-18(14-25-20(29)32-15-17-8-6-5-7-9-17)19(28)23-10-12-31-13-11-24-21(30)33-22(2,3)4;1-13(2,3)23-12(21)17-5-7-22-6-4-16-10(19)9(14)8-18-11(15)20;1-9(16)15-11(12(17)18)7-14-13(19)20-8-10-5-3-2-4-6-10;1-9(2,3)14-8(12)11-5-7-13-6-4-10;9-8(10)11-6-7-4-2-1-3-5-7;4-1-2(5)3(6)7/h5-9,18H,10-15H2,1-4H3,(H,23,28)(H,24,30)(H,25,29)(H,26,27);9H,4-8,14H2,1-3H3,(H,16,19)(H,17,21)(H3,15,18,20);2-6,11H,7-8H2,1H3,(H,14,19)(H,15,16)(H,17,18);4-7,10H2,1-3H3,(H,11,12);1-5H,6H2;2H,1,4-5H2,(H,6,7). The van der Waals surface area contributed by atoms with E-state index in [-0.39, 0.29) is 92.1 Å². The van der Waals surface area contributed by atoms with Crippen LogP contribution in [0.15, 0.2) is 91.0 Å². The van der Waals surface area contributed by atoms with E-state index in [0.717, 1.165) is 16.7 Å². The number of aliphatic carboxylic acids is 2. The van der Waals surface area contributed by atoms with Gasteiger partial charge in [-0.3, -0.25) is 24.0 Å². The number of urea groups is 1. The summed E-state index contributed by atoms with van der Waals surface area (Å²) in [5.74, 6) is -4.10. The molecule has 3 aromatic rings. The van der Waals surface area contributed by atoms with E-state index >= 15 is 0 Å². The summed E-state index contributed by atoms with van der Waals surface area (Å²) < 4.78 is 45.3. The Labute approximate surface area is 633 Å². The van der Waals surface area contributed by atoms with Crippen LogP contribution in [0.3, 0.4) is 0 Å². The number of amides is 11. The van der Waals surface area contributed by atoms with Gasteiger partial charge in [0.25, 0.3) is 0 Å². The van der Waals surface area contributed by atoms with E-state index in [2.05, 4.69) is 57.9 Å². The number of alkyl carbamates (subject to hydrolysis) is 5. The van der Waals surface area contributed by atoms with E-state index in [9.17, 15) is 62.3 Å². The minimum absolute atomic E-state index is 0.00463. The Balaban J connectivity index is -0.00000130. The monoisotopic (exact) mass is 1560 g/mol. The summed E-state index contributed by atoms with van der Waals surface area (Å²) in [6.45, 7) is 22.4. The van der Waals surface area contributed by atoms with Gasteiger partial charge in [0, 0.05) is 77.8 Å². The number of primary amides is 1. The van der Waals surface area contributed by atoms with Crippen LogP contribution in [-0.4, -0.2) is 234 Å². The van der Waals surface area contributed by atoms with Crippen molar-refractivity contribution >= 4 is 89.1 Å². The van der Waals surface area contributed by atoms with Gasteiger partial charge in [0.15, 0.2) is 0 Å². The third kappa shape index (κ3) is 68.7. The Kier molecular flexibility index (Phi) is 57.2. The van der Waals surface area contributed by atoms with Crippen LogP contribution in [0.5, 0.6) is 0 Å². The smallest absolute Gasteiger partial charge is 0.407 e. The van der Waals surface area contributed by atoms with Crippen LogP contribution in [0.1, 0.15) is 92.9 Å². The van der Waals surface area contributed by atoms with Crippen LogP contribution in [0.2, 0.25) is 0 Å². The zero-order valence-corrected chi connectivity index (χ0v) is 63.8. The molecule has 39 nitrogen and oxygen atoms in total. The van der Waals surface area contributed by atoms with Gasteiger partial charge in [-0.2, -0.15) is 0 Å². The van der Waals surface area contributed by atoms with E-state index < -0.39 is 118 Å². The van der Waals surface area contributed by atoms with Crippen LogP contribution in [0.4, 0.5) is 33.6 Å². The highest BCUT2D eigenvalue weighted by Crippen LogP contribution is 2.09. The van der Waals surface area contributed by atoms with Crippen LogP contribution in [0, 0.1) is 0 Å². The molecule has 0 heterocycles. The van der Waals surface area contributed by atoms with Gasteiger partial charge >= 0.3 is 53.9 Å². The summed E-state index contributed by atoms with van der Waals surface area (Å²) in [5, 5.41) is 41.3. The second-order valence-corrected chi connectivity index (χ2v) is 25.1. The first kappa shape index (κ1) is 102. The number of hydrogen-bond acceptors (Lipinski definition) is 26. The molecular weight excluding hydrogens is 1450 g/mol. The molecule has 0 radical (unpaired) electrons. The van der Waals surface area contributed by atoms with Gasteiger partial charge in [-0.1, -0.05) is 91.0 Å². The minimum Gasteiger partial charge on any atom is -0.480 e. The number of nitrogens with one attached hydrogen (secondary N) is 10. The molecule has 40 heteroatoms. The van der Waals surface area contributed by atoms with Crippen molar-refractivity contribution in [2.24, 2.45) is 28.7 Å². The lowest BCUT2D eigenvalue weighted by Crippen LogP contribution is -2.52. The van der Waals surface area contributed by atoms with Gasteiger partial charge in [0.05, 0.1) is 52.7 Å². The first-order valence-electron chi connectivity index (χ1n) is 33.5. The molecule has 3 rings (SSSR count). The molecule has 610 valence electrons. The summed E-state index contributed by atoms with van der Waals surface area (Å²) in [4.78, 5) is 144. The highest BCUT2D eigenvalue weighted by Gasteiger charge is 2.23. The fourth-order valence-corrected chi connectivity index (χ4v) is 6.75. The maximum atomic E-state index is 12.3. The van der Waals surface area contributed by atoms with Crippen LogP contribution in [0.25, 0.3) is 0 Å².